The zero-order valence-electron chi connectivity index (χ0n) is 10.5. The average Bonchev–Trinajstić information content (AvgIpc) is 2.72. The molecule has 0 spiro atoms. The van der Waals surface area contributed by atoms with Gasteiger partial charge in [-0.15, -0.1) is 11.3 Å². The Morgan fingerprint density at radius 2 is 2.22 bits per heavy atom. The summed E-state index contributed by atoms with van der Waals surface area (Å²) in [6, 6.07) is 0. The summed E-state index contributed by atoms with van der Waals surface area (Å²) in [6.45, 7) is 4.77. The number of amides is 1. The van der Waals surface area contributed by atoms with Crippen LogP contribution in [-0.4, -0.2) is 36.6 Å². The van der Waals surface area contributed by atoms with Crippen LogP contribution in [0.1, 0.15) is 19.5 Å². The molecule has 7 heteroatoms. The van der Waals surface area contributed by atoms with Crippen LogP contribution in [0.15, 0.2) is 5.38 Å². The van der Waals surface area contributed by atoms with E-state index < -0.39 is 0 Å². The molecular formula is C11H17N3O3S. The van der Waals surface area contributed by atoms with Crippen LogP contribution in [0.3, 0.4) is 0 Å². The number of rotatable bonds is 7. The molecule has 1 aromatic heterocycles. The third kappa shape index (κ3) is 5.62. The van der Waals surface area contributed by atoms with Crippen molar-refractivity contribution in [1.29, 1.82) is 0 Å². The monoisotopic (exact) mass is 271 g/mol. The zero-order chi connectivity index (χ0) is 13.4. The number of aromatic nitrogens is 1. The van der Waals surface area contributed by atoms with Crippen molar-refractivity contribution in [3.05, 3.63) is 11.1 Å². The van der Waals surface area contributed by atoms with Gasteiger partial charge in [0.1, 0.15) is 0 Å². The number of esters is 1. The number of carbonyl (C=O) groups is 2. The molecule has 0 unspecified atom stereocenters. The fourth-order valence-electron chi connectivity index (χ4n) is 1.24. The first-order valence-corrected chi connectivity index (χ1v) is 6.58. The van der Waals surface area contributed by atoms with E-state index in [0.29, 0.717) is 25.4 Å². The molecule has 0 aromatic carbocycles. The van der Waals surface area contributed by atoms with Gasteiger partial charge >= 0.3 is 5.97 Å². The van der Waals surface area contributed by atoms with Gasteiger partial charge in [0.2, 0.25) is 5.91 Å². The van der Waals surface area contributed by atoms with Crippen molar-refractivity contribution in [3.8, 4) is 0 Å². The Hall–Kier alpha value is -1.63. The first-order valence-electron chi connectivity index (χ1n) is 5.70. The molecule has 0 atom stereocenters. The van der Waals surface area contributed by atoms with E-state index in [9.17, 15) is 9.59 Å². The standard InChI is InChI=1S/C11H17N3O3S/c1-3-17-10(16)6-9-7-18-11(14-9)13-5-4-12-8(2)15/h7H,3-6H2,1-2H3,(H,12,15)(H,13,14). The highest BCUT2D eigenvalue weighted by Gasteiger charge is 2.07. The van der Waals surface area contributed by atoms with Gasteiger partial charge in [0, 0.05) is 25.4 Å². The van der Waals surface area contributed by atoms with Crippen LogP contribution in [-0.2, 0) is 20.7 Å². The summed E-state index contributed by atoms with van der Waals surface area (Å²) in [5.74, 6) is -0.327. The van der Waals surface area contributed by atoms with Crippen molar-refractivity contribution < 1.29 is 14.3 Å². The lowest BCUT2D eigenvalue weighted by Crippen LogP contribution is -2.26. The quantitative estimate of drug-likeness (QED) is 0.566. The SMILES string of the molecule is CCOC(=O)Cc1csc(NCCNC(C)=O)n1. The van der Waals surface area contributed by atoms with E-state index in [1.165, 1.54) is 18.3 Å². The van der Waals surface area contributed by atoms with Gasteiger partial charge in [-0.05, 0) is 6.92 Å². The molecule has 0 aliphatic rings. The second-order valence-corrected chi connectivity index (χ2v) is 4.39. The number of carbonyl (C=O) groups excluding carboxylic acids is 2. The van der Waals surface area contributed by atoms with E-state index in [-0.39, 0.29) is 18.3 Å². The van der Waals surface area contributed by atoms with E-state index in [0.717, 1.165) is 5.13 Å². The smallest absolute Gasteiger partial charge is 0.311 e. The van der Waals surface area contributed by atoms with Gasteiger partial charge in [-0.2, -0.15) is 0 Å². The predicted octanol–water partition coefficient (Wildman–Crippen LogP) is 0.797. The molecule has 0 fully saturated rings. The van der Waals surface area contributed by atoms with Crippen LogP contribution in [0.5, 0.6) is 0 Å². The molecule has 0 aliphatic heterocycles. The maximum Gasteiger partial charge on any atom is 0.311 e. The minimum Gasteiger partial charge on any atom is -0.466 e. The molecule has 1 aromatic rings. The topological polar surface area (TPSA) is 80.3 Å². The fourth-order valence-corrected chi connectivity index (χ4v) is 1.98. The highest BCUT2D eigenvalue weighted by atomic mass is 32.1. The van der Waals surface area contributed by atoms with Crippen LogP contribution in [0, 0.1) is 0 Å². The van der Waals surface area contributed by atoms with Crippen molar-refractivity contribution in [2.45, 2.75) is 20.3 Å². The molecule has 6 nitrogen and oxygen atoms in total. The first kappa shape index (κ1) is 14.4. The minimum absolute atomic E-state index is 0.0565. The molecule has 0 saturated heterocycles. The van der Waals surface area contributed by atoms with Crippen LogP contribution in [0.4, 0.5) is 5.13 Å². The average molecular weight is 271 g/mol. The summed E-state index contributed by atoms with van der Waals surface area (Å²) in [5, 5.41) is 8.29. The van der Waals surface area contributed by atoms with Crippen molar-refractivity contribution >= 4 is 28.3 Å². The van der Waals surface area contributed by atoms with Crippen molar-refractivity contribution in [2.75, 3.05) is 25.0 Å². The number of nitrogens with zero attached hydrogens (tertiary/aromatic N) is 1. The molecule has 100 valence electrons. The Labute approximate surface area is 110 Å². The molecule has 2 N–H and O–H groups in total. The van der Waals surface area contributed by atoms with E-state index in [1.54, 1.807) is 6.92 Å². The number of anilines is 1. The molecule has 1 rings (SSSR count). The maximum absolute atomic E-state index is 11.2. The summed E-state index contributed by atoms with van der Waals surface area (Å²) < 4.78 is 4.84. The predicted molar refractivity (Wildman–Crippen MR) is 69.6 cm³/mol. The van der Waals surface area contributed by atoms with Gasteiger partial charge in [0.25, 0.3) is 0 Å². The number of nitrogens with one attached hydrogen (secondary N) is 2. The van der Waals surface area contributed by atoms with Crippen LogP contribution >= 0.6 is 11.3 Å². The second-order valence-electron chi connectivity index (χ2n) is 3.54. The molecule has 1 amide bonds. The number of hydrogen-bond acceptors (Lipinski definition) is 6. The maximum atomic E-state index is 11.2. The number of thiazole rings is 1. The van der Waals surface area contributed by atoms with E-state index in [2.05, 4.69) is 15.6 Å². The Morgan fingerprint density at radius 3 is 2.89 bits per heavy atom. The molecule has 0 radical (unpaired) electrons. The van der Waals surface area contributed by atoms with Crippen LogP contribution in [0.25, 0.3) is 0 Å². The lowest BCUT2D eigenvalue weighted by Gasteiger charge is -2.02. The van der Waals surface area contributed by atoms with E-state index >= 15 is 0 Å². The summed E-state index contributed by atoms with van der Waals surface area (Å²) in [6.07, 6.45) is 0.192. The largest absolute Gasteiger partial charge is 0.466 e. The molecule has 18 heavy (non-hydrogen) atoms. The minimum atomic E-state index is -0.271. The Morgan fingerprint density at radius 1 is 1.44 bits per heavy atom. The van der Waals surface area contributed by atoms with Crippen LogP contribution in [0.2, 0.25) is 0 Å². The van der Waals surface area contributed by atoms with E-state index in [4.69, 9.17) is 4.74 Å². The Balaban J connectivity index is 2.29. The summed E-state index contributed by atoms with van der Waals surface area (Å²) >= 11 is 1.43. The Kier molecular flexibility index (Phi) is 6.13. The van der Waals surface area contributed by atoms with Gasteiger partial charge < -0.3 is 15.4 Å². The Bertz CT molecular complexity index is 406. The van der Waals surface area contributed by atoms with Crippen molar-refractivity contribution in [1.82, 2.24) is 10.3 Å². The van der Waals surface area contributed by atoms with Crippen LogP contribution < -0.4 is 10.6 Å². The van der Waals surface area contributed by atoms with Crippen molar-refractivity contribution in [3.63, 3.8) is 0 Å². The normalized spacial score (nSPS) is 9.89. The lowest BCUT2D eigenvalue weighted by atomic mass is 10.3. The van der Waals surface area contributed by atoms with Gasteiger partial charge in [-0.1, -0.05) is 0 Å². The molecular weight excluding hydrogens is 254 g/mol. The van der Waals surface area contributed by atoms with Gasteiger partial charge in [-0.25, -0.2) is 4.98 Å². The lowest BCUT2D eigenvalue weighted by molar-refractivity contribution is -0.142. The first-order chi connectivity index (χ1) is 8.61. The summed E-state index contributed by atoms with van der Waals surface area (Å²) in [4.78, 5) is 26.1. The molecule has 0 bridgehead atoms. The highest BCUT2D eigenvalue weighted by Crippen LogP contribution is 2.15. The number of hydrogen-bond donors (Lipinski definition) is 2. The third-order valence-corrected chi connectivity index (χ3v) is 2.81. The van der Waals surface area contributed by atoms with Gasteiger partial charge in [-0.3, -0.25) is 9.59 Å². The number of ether oxygens (including phenoxy) is 1. The van der Waals surface area contributed by atoms with Gasteiger partial charge in [0.15, 0.2) is 5.13 Å². The molecule has 0 saturated carbocycles. The molecule has 1 heterocycles. The fraction of sp³-hybridized carbons (Fsp3) is 0.545. The second kappa shape index (κ2) is 7.65. The highest BCUT2D eigenvalue weighted by molar-refractivity contribution is 7.13. The van der Waals surface area contributed by atoms with Gasteiger partial charge in [0.05, 0.1) is 18.7 Å². The zero-order valence-corrected chi connectivity index (χ0v) is 11.3. The molecule has 0 aliphatic carbocycles. The van der Waals surface area contributed by atoms with Crippen molar-refractivity contribution in [2.24, 2.45) is 0 Å². The summed E-state index contributed by atoms with van der Waals surface area (Å²) in [7, 11) is 0. The third-order valence-electron chi connectivity index (χ3n) is 1.96. The summed E-state index contributed by atoms with van der Waals surface area (Å²) in [5.41, 5.74) is 0.695. The van der Waals surface area contributed by atoms with E-state index in [1.807, 2.05) is 5.38 Å².